The predicted molar refractivity (Wildman–Crippen MR) is 102 cm³/mol. The summed E-state index contributed by atoms with van der Waals surface area (Å²) < 4.78 is 10.6. The van der Waals surface area contributed by atoms with Gasteiger partial charge in [-0.3, -0.25) is 4.79 Å². The zero-order valence-electron chi connectivity index (χ0n) is 16.6. The molecule has 3 aliphatic rings. The van der Waals surface area contributed by atoms with Gasteiger partial charge in [0.2, 0.25) is 5.91 Å². The van der Waals surface area contributed by atoms with Crippen molar-refractivity contribution >= 4 is 11.9 Å². The molecule has 8 nitrogen and oxygen atoms in total. The van der Waals surface area contributed by atoms with Crippen molar-refractivity contribution in [3.63, 3.8) is 0 Å². The molecule has 0 aromatic rings. The molecule has 0 bridgehead atoms. The second kappa shape index (κ2) is 10.1. The van der Waals surface area contributed by atoms with E-state index < -0.39 is 11.6 Å². The van der Waals surface area contributed by atoms with E-state index in [1.165, 1.54) is 19.3 Å². The van der Waals surface area contributed by atoms with Gasteiger partial charge in [0.1, 0.15) is 11.6 Å². The fraction of sp³-hybridized carbons (Fsp3) is 0.850. The third-order valence-corrected chi connectivity index (χ3v) is 6.13. The Morgan fingerprint density at radius 2 is 1.71 bits per heavy atom. The molecular weight excluding hydrogens is 360 g/mol. The molecule has 3 fully saturated rings. The Morgan fingerprint density at radius 1 is 1.07 bits per heavy atom. The van der Waals surface area contributed by atoms with Gasteiger partial charge in [0.25, 0.3) is 0 Å². The van der Waals surface area contributed by atoms with Crippen molar-refractivity contribution < 1.29 is 19.1 Å². The van der Waals surface area contributed by atoms with Gasteiger partial charge in [0.05, 0.1) is 19.3 Å². The number of urea groups is 1. The molecular formula is C20H32N4O4. The molecule has 3 amide bonds. The Bertz CT molecular complexity index is 573. The SMILES string of the molecule is N#CC1(NC(=O)C(CC2CCCCC2)NC(=O)N2CCOCC2)CCOCC1. The van der Waals surface area contributed by atoms with Gasteiger partial charge in [-0.05, 0) is 12.3 Å². The first-order valence-electron chi connectivity index (χ1n) is 10.6. The number of nitrogens with zero attached hydrogens (tertiary/aromatic N) is 2. The van der Waals surface area contributed by atoms with Crippen LogP contribution in [0.15, 0.2) is 0 Å². The normalized spacial score (nSPS) is 24.0. The number of carbonyl (C=O) groups excluding carboxylic acids is 2. The Morgan fingerprint density at radius 3 is 2.36 bits per heavy atom. The van der Waals surface area contributed by atoms with Gasteiger partial charge >= 0.3 is 6.03 Å². The molecule has 156 valence electrons. The molecule has 1 unspecified atom stereocenters. The van der Waals surface area contributed by atoms with Gasteiger partial charge in [0.15, 0.2) is 0 Å². The smallest absolute Gasteiger partial charge is 0.318 e. The molecule has 0 radical (unpaired) electrons. The molecule has 2 heterocycles. The first-order chi connectivity index (χ1) is 13.6. The minimum Gasteiger partial charge on any atom is -0.381 e. The second-order valence-corrected chi connectivity index (χ2v) is 8.14. The van der Waals surface area contributed by atoms with Crippen molar-refractivity contribution in [1.82, 2.24) is 15.5 Å². The predicted octanol–water partition coefficient (Wildman–Crippen LogP) is 1.56. The number of nitriles is 1. The summed E-state index contributed by atoms with van der Waals surface area (Å²) in [5.74, 6) is 0.179. The summed E-state index contributed by atoms with van der Waals surface area (Å²) >= 11 is 0. The summed E-state index contributed by atoms with van der Waals surface area (Å²) in [5, 5.41) is 15.5. The van der Waals surface area contributed by atoms with Crippen LogP contribution in [0.25, 0.3) is 0 Å². The lowest BCUT2D eigenvalue weighted by atomic mass is 9.84. The maximum Gasteiger partial charge on any atom is 0.318 e. The number of ether oxygens (including phenoxy) is 2. The molecule has 28 heavy (non-hydrogen) atoms. The van der Waals surface area contributed by atoms with E-state index in [1.54, 1.807) is 4.90 Å². The highest BCUT2D eigenvalue weighted by molar-refractivity contribution is 5.87. The van der Waals surface area contributed by atoms with Crippen LogP contribution in [-0.4, -0.2) is 67.9 Å². The summed E-state index contributed by atoms with van der Waals surface area (Å²) in [7, 11) is 0. The Balaban J connectivity index is 1.65. The van der Waals surface area contributed by atoms with Gasteiger partial charge in [-0.15, -0.1) is 0 Å². The van der Waals surface area contributed by atoms with Crippen LogP contribution in [0.4, 0.5) is 4.79 Å². The van der Waals surface area contributed by atoms with Crippen molar-refractivity contribution in [2.24, 2.45) is 5.92 Å². The average molecular weight is 393 g/mol. The highest BCUT2D eigenvalue weighted by atomic mass is 16.5. The lowest BCUT2D eigenvalue weighted by Crippen LogP contribution is -2.59. The van der Waals surface area contributed by atoms with Crippen molar-refractivity contribution in [3.8, 4) is 6.07 Å². The number of carbonyl (C=O) groups is 2. The van der Waals surface area contributed by atoms with Crippen LogP contribution in [-0.2, 0) is 14.3 Å². The van der Waals surface area contributed by atoms with Gasteiger partial charge in [0, 0.05) is 39.1 Å². The lowest BCUT2D eigenvalue weighted by molar-refractivity contribution is -0.125. The average Bonchev–Trinajstić information content (AvgIpc) is 2.75. The molecule has 2 aliphatic heterocycles. The Labute approximate surface area is 166 Å². The maximum atomic E-state index is 13.1. The zero-order valence-corrected chi connectivity index (χ0v) is 16.6. The summed E-state index contributed by atoms with van der Waals surface area (Å²) in [6.45, 7) is 3.02. The van der Waals surface area contributed by atoms with Gasteiger partial charge in [-0.2, -0.15) is 5.26 Å². The number of nitrogens with one attached hydrogen (secondary N) is 2. The van der Waals surface area contributed by atoms with Crippen LogP contribution in [0, 0.1) is 17.2 Å². The minimum absolute atomic E-state index is 0.225. The van der Waals surface area contributed by atoms with E-state index in [0.29, 0.717) is 64.7 Å². The van der Waals surface area contributed by atoms with Crippen molar-refractivity contribution in [3.05, 3.63) is 0 Å². The van der Waals surface area contributed by atoms with E-state index in [0.717, 1.165) is 12.8 Å². The lowest BCUT2D eigenvalue weighted by Gasteiger charge is -2.35. The molecule has 0 aromatic carbocycles. The van der Waals surface area contributed by atoms with E-state index in [4.69, 9.17) is 9.47 Å². The van der Waals surface area contributed by atoms with E-state index in [9.17, 15) is 14.9 Å². The van der Waals surface area contributed by atoms with Crippen LogP contribution in [0.5, 0.6) is 0 Å². The highest BCUT2D eigenvalue weighted by Gasteiger charge is 2.37. The molecule has 2 saturated heterocycles. The van der Waals surface area contributed by atoms with E-state index in [2.05, 4.69) is 16.7 Å². The van der Waals surface area contributed by atoms with E-state index in [1.807, 2.05) is 0 Å². The number of morpholine rings is 1. The largest absolute Gasteiger partial charge is 0.381 e. The molecule has 8 heteroatoms. The fourth-order valence-corrected chi connectivity index (χ4v) is 4.30. The topological polar surface area (TPSA) is 104 Å². The standard InChI is InChI=1S/C20H32N4O4/c21-15-20(6-10-27-11-7-20)23-18(25)17(14-16-4-2-1-3-5-16)22-19(26)24-8-12-28-13-9-24/h16-17H,1-14H2,(H,22,26)(H,23,25). The quantitative estimate of drug-likeness (QED) is 0.739. The molecule has 1 aliphatic carbocycles. The van der Waals surface area contributed by atoms with Crippen LogP contribution < -0.4 is 10.6 Å². The van der Waals surface area contributed by atoms with Gasteiger partial charge in [-0.25, -0.2) is 4.79 Å². The molecule has 0 aromatic heterocycles. The fourth-order valence-electron chi connectivity index (χ4n) is 4.30. The first-order valence-corrected chi connectivity index (χ1v) is 10.6. The minimum atomic E-state index is -0.899. The first kappa shape index (κ1) is 20.9. The number of hydrogen-bond donors (Lipinski definition) is 2. The van der Waals surface area contributed by atoms with E-state index in [-0.39, 0.29) is 11.9 Å². The van der Waals surface area contributed by atoms with Gasteiger partial charge in [-0.1, -0.05) is 32.1 Å². The molecule has 1 atom stereocenters. The number of hydrogen-bond acceptors (Lipinski definition) is 5. The second-order valence-electron chi connectivity index (χ2n) is 8.14. The van der Waals surface area contributed by atoms with Crippen LogP contribution >= 0.6 is 0 Å². The number of amides is 3. The molecule has 2 N–H and O–H groups in total. The Kier molecular flexibility index (Phi) is 7.51. The van der Waals surface area contributed by atoms with Crippen molar-refractivity contribution in [1.29, 1.82) is 5.26 Å². The maximum absolute atomic E-state index is 13.1. The monoisotopic (exact) mass is 392 g/mol. The third-order valence-electron chi connectivity index (χ3n) is 6.13. The number of rotatable bonds is 5. The summed E-state index contributed by atoms with van der Waals surface area (Å²) in [6, 6.07) is 1.43. The molecule has 0 spiro atoms. The van der Waals surface area contributed by atoms with Crippen molar-refractivity contribution in [2.45, 2.75) is 62.9 Å². The van der Waals surface area contributed by atoms with Gasteiger partial charge < -0.3 is 25.0 Å². The summed E-state index contributed by atoms with van der Waals surface area (Å²) in [5.41, 5.74) is -0.899. The third kappa shape index (κ3) is 5.58. The summed E-state index contributed by atoms with van der Waals surface area (Å²) in [4.78, 5) is 27.5. The summed E-state index contributed by atoms with van der Waals surface area (Å²) in [6.07, 6.45) is 7.35. The highest BCUT2D eigenvalue weighted by Crippen LogP contribution is 2.28. The molecule has 1 saturated carbocycles. The zero-order chi connectivity index (χ0) is 19.8. The van der Waals surface area contributed by atoms with E-state index >= 15 is 0 Å². The van der Waals surface area contributed by atoms with Crippen LogP contribution in [0.2, 0.25) is 0 Å². The van der Waals surface area contributed by atoms with Crippen LogP contribution in [0.3, 0.4) is 0 Å². The van der Waals surface area contributed by atoms with Crippen LogP contribution in [0.1, 0.15) is 51.4 Å². The molecule has 3 rings (SSSR count). The van der Waals surface area contributed by atoms with Crippen molar-refractivity contribution in [2.75, 3.05) is 39.5 Å². The Hall–Kier alpha value is -1.85.